The minimum atomic E-state index is -3.48. The van der Waals surface area contributed by atoms with E-state index in [4.69, 9.17) is 0 Å². The lowest BCUT2D eigenvalue weighted by Gasteiger charge is -2.40. The van der Waals surface area contributed by atoms with Gasteiger partial charge in [0, 0.05) is 32.0 Å². The average Bonchev–Trinajstić information content (AvgIpc) is 2.88. The predicted molar refractivity (Wildman–Crippen MR) is 86.2 cm³/mol. The minimum absolute atomic E-state index is 0.00396. The molecule has 134 valence electrons. The summed E-state index contributed by atoms with van der Waals surface area (Å²) in [7, 11) is -3.48. The van der Waals surface area contributed by atoms with E-state index < -0.39 is 15.9 Å². The number of hydrogen-bond acceptors (Lipinski definition) is 6. The Labute approximate surface area is 145 Å². The van der Waals surface area contributed by atoms with Crippen LogP contribution in [0.25, 0.3) is 0 Å². The molecule has 0 radical (unpaired) electrons. The third kappa shape index (κ3) is 3.81. The summed E-state index contributed by atoms with van der Waals surface area (Å²) in [5.74, 6) is -0.854. The molecule has 0 unspecified atom stereocenters. The van der Waals surface area contributed by atoms with Crippen LogP contribution in [-0.2, 0) is 24.2 Å². The number of amides is 3. The van der Waals surface area contributed by atoms with Gasteiger partial charge in [-0.2, -0.15) is 0 Å². The second kappa shape index (κ2) is 6.83. The Morgan fingerprint density at radius 2 is 1.84 bits per heavy atom. The summed E-state index contributed by atoms with van der Waals surface area (Å²) in [6.45, 7) is 0.803. The number of carbonyl (C=O) groups excluding carboxylic acids is 3. The topological polar surface area (TPSA) is 101 Å². The molecule has 8 nitrogen and oxygen atoms in total. The summed E-state index contributed by atoms with van der Waals surface area (Å²) < 4.78 is 29.0. The van der Waals surface area contributed by atoms with Crippen LogP contribution in [0.4, 0.5) is 4.79 Å². The van der Waals surface area contributed by atoms with Crippen molar-refractivity contribution in [3.63, 3.8) is 0 Å². The van der Waals surface area contributed by atoms with Crippen LogP contribution in [-0.4, -0.2) is 68.1 Å². The van der Waals surface area contributed by atoms with Gasteiger partial charge in [-0.05, 0) is 12.1 Å². The van der Waals surface area contributed by atoms with Gasteiger partial charge in [0.15, 0.2) is 16.4 Å². The van der Waals surface area contributed by atoms with Crippen LogP contribution in [0, 0.1) is 5.92 Å². The van der Waals surface area contributed by atoms with Crippen molar-refractivity contribution in [2.45, 2.75) is 11.3 Å². The van der Waals surface area contributed by atoms with Crippen LogP contribution < -0.4 is 0 Å². The third-order valence-corrected chi connectivity index (χ3v) is 6.01. The maximum atomic E-state index is 12.2. The molecule has 3 amide bonds. The number of likely N-dealkylation sites (tertiary alicyclic amines) is 1. The number of sulfone groups is 1. The van der Waals surface area contributed by atoms with Crippen molar-refractivity contribution in [3.8, 4) is 0 Å². The Balaban J connectivity index is 1.45. The maximum absolute atomic E-state index is 12.2. The van der Waals surface area contributed by atoms with Crippen molar-refractivity contribution in [1.82, 2.24) is 9.80 Å². The summed E-state index contributed by atoms with van der Waals surface area (Å²) in [4.78, 5) is 37.7. The maximum Gasteiger partial charge on any atom is 0.417 e. The Morgan fingerprint density at radius 3 is 2.44 bits per heavy atom. The Bertz CT molecular complexity index is 770. The van der Waals surface area contributed by atoms with E-state index in [1.165, 1.54) is 17.0 Å². The van der Waals surface area contributed by atoms with E-state index in [1.54, 1.807) is 18.2 Å². The van der Waals surface area contributed by atoms with Gasteiger partial charge in [0.2, 0.25) is 5.91 Å². The Kier molecular flexibility index (Phi) is 4.76. The molecule has 0 N–H and O–H groups in total. The van der Waals surface area contributed by atoms with Crippen molar-refractivity contribution in [2.75, 3.05) is 32.0 Å². The zero-order valence-corrected chi connectivity index (χ0v) is 14.3. The lowest BCUT2D eigenvalue weighted by atomic mass is 9.99. The predicted octanol–water partition coefficient (Wildman–Crippen LogP) is 0.288. The zero-order chi connectivity index (χ0) is 18.0. The second-order valence-electron chi connectivity index (χ2n) is 6.11. The molecule has 2 heterocycles. The van der Waals surface area contributed by atoms with Crippen LogP contribution in [0.5, 0.6) is 0 Å². The second-order valence-corrected chi connectivity index (χ2v) is 8.21. The van der Waals surface area contributed by atoms with E-state index in [0.717, 1.165) is 4.90 Å². The van der Waals surface area contributed by atoms with Gasteiger partial charge in [-0.25, -0.2) is 18.1 Å². The number of ether oxygens (including phenoxy) is 1. The third-order valence-electron chi connectivity index (χ3n) is 4.28. The monoisotopic (exact) mass is 366 g/mol. The first-order valence-electron chi connectivity index (χ1n) is 7.89. The van der Waals surface area contributed by atoms with Gasteiger partial charge in [-0.1, -0.05) is 18.2 Å². The molecule has 1 aromatic rings. The molecule has 2 saturated heterocycles. The molecule has 0 saturated carbocycles. The molecule has 3 rings (SSSR count). The van der Waals surface area contributed by atoms with Crippen molar-refractivity contribution in [3.05, 3.63) is 30.3 Å². The Morgan fingerprint density at radius 1 is 1.16 bits per heavy atom. The molecule has 2 aliphatic rings. The molecular formula is C16H18N2O6S. The lowest BCUT2D eigenvalue weighted by Crippen LogP contribution is -2.54. The zero-order valence-electron chi connectivity index (χ0n) is 13.5. The van der Waals surface area contributed by atoms with Crippen LogP contribution >= 0.6 is 0 Å². The molecule has 25 heavy (non-hydrogen) atoms. The number of nitrogens with zero attached hydrogens (tertiary/aromatic N) is 2. The van der Waals surface area contributed by atoms with E-state index in [0.29, 0.717) is 13.1 Å². The van der Waals surface area contributed by atoms with Crippen LogP contribution in [0.1, 0.15) is 6.42 Å². The van der Waals surface area contributed by atoms with Crippen molar-refractivity contribution in [2.24, 2.45) is 5.92 Å². The number of carbonyl (C=O) groups is 3. The molecule has 2 fully saturated rings. The summed E-state index contributed by atoms with van der Waals surface area (Å²) in [6.07, 6.45) is -0.738. The summed E-state index contributed by atoms with van der Waals surface area (Å²) in [5, 5.41) is 0. The van der Waals surface area contributed by atoms with E-state index in [9.17, 15) is 22.8 Å². The molecule has 0 atom stereocenters. The van der Waals surface area contributed by atoms with Gasteiger partial charge in [0.05, 0.1) is 10.6 Å². The van der Waals surface area contributed by atoms with Crippen molar-refractivity contribution >= 4 is 27.7 Å². The fourth-order valence-electron chi connectivity index (χ4n) is 2.83. The quantitative estimate of drug-likeness (QED) is 0.717. The highest BCUT2D eigenvalue weighted by Gasteiger charge is 2.38. The molecule has 0 aromatic heterocycles. The highest BCUT2D eigenvalue weighted by molar-refractivity contribution is 7.91. The minimum Gasteiger partial charge on any atom is -0.439 e. The summed E-state index contributed by atoms with van der Waals surface area (Å²) in [6, 6.07) is 8.02. The normalized spacial score (nSPS) is 18.2. The van der Waals surface area contributed by atoms with E-state index in [1.807, 2.05) is 0 Å². The summed E-state index contributed by atoms with van der Waals surface area (Å²) >= 11 is 0. The highest BCUT2D eigenvalue weighted by Crippen LogP contribution is 2.21. The van der Waals surface area contributed by atoms with Gasteiger partial charge in [-0.15, -0.1) is 0 Å². The summed E-state index contributed by atoms with van der Waals surface area (Å²) in [5.41, 5.74) is 0. The molecule has 1 aromatic carbocycles. The molecule has 9 heteroatoms. The van der Waals surface area contributed by atoms with E-state index in [-0.39, 0.29) is 48.0 Å². The number of benzene rings is 1. The molecule has 0 aliphatic carbocycles. The van der Waals surface area contributed by atoms with Crippen molar-refractivity contribution < 1.29 is 27.5 Å². The standard InChI is InChI=1S/C16H18N2O6S/c19-14(6-7-25(22,23)13-4-2-1-3-5-13)17-8-12(9-17)10-18-15(20)11-24-16(18)21/h1-5,12H,6-11H2. The largest absolute Gasteiger partial charge is 0.439 e. The molecule has 2 aliphatic heterocycles. The number of hydrogen-bond donors (Lipinski definition) is 0. The first-order chi connectivity index (χ1) is 11.9. The highest BCUT2D eigenvalue weighted by atomic mass is 32.2. The Hall–Kier alpha value is -2.42. The SMILES string of the molecule is O=C(CCS(=O)(=O)c1ccccc1)N1CC(CN2C(=O)COC2=O)C1. The molecule has 0 spiro atoms. The van der Waals surface area contributed by atoms with E-state index in [2.05, 4.69) is 4.74 Å². The van der Waals surface area contributed by atoms with E-state index >= 15 is 0 Å². The van der Waals surface area contributed by atoms with Gasteiger partial charge in [0.25, 0.3) is 5.91 Å². The van der Waals surface area contributed by atoms with Gasteiger partial charge in [-0.3, -0.25) is 9.59 Å². The van der Waals surface area contributed by atoms with Crippen LogP contribution in [0.3, 0.4) is 0 Å². The van der Waals surface area contributed by atoms with Gasteiger partial charge < -0.3 is 9.64 Å². The van der Waals surface area contributed by atoms with Crippen LogP contribution in [0.2, 0.25) is 0 Å². The average molecular weight is 366 g/mol. The first-order valence-corrected chi connectivity index (χ1v) is 9.55. The number of imide groups is 1. The van der Waals surface area contributed by atoms with Gasteiger partial charge >= 0.3 is 6.09 Å². The fourth-order valence-corrected chi connectivity index (χ4v) is 4.08. The number of cyclic esters (lactones) is 1. The molecule has 0 bridgehead atoms. The fraction of sp³-hybridized carbons (Fsp3) is 0.438. The lowest BCUT2D eigenvalue weighted by molar-refractivity contribution is -0.137. The first kappa shape index (κ1) is 17.4. The van der Waals surface area contributed by atoms with Gasteiger partial charge in [0.1, 0.15) is 0 Å². The smallest absolute Gasteiger partial charge is 0.417 e. The molecular weight excluding hydrogens is 348 g/mol. The van der Waals surface area contributed by atoms with Crippen LogP contribution in [0.15, 0.2) is 35.2 Å². The number of rotatable bonds is 6. The van der Waals surface area contributed by atoms with Crippen molar-refractivity contribution in [1.29, 1.82) is 0 Å².